The molecule has 0 amide bonds. The minimum absolute atomic E-state index is 0.777. The first-order valence-electron chi connectivity index (χ1n) is 8.74. The Morgan fingerprint density at radius 2 is 1.91 bits per heavy atom. The van der Waals surface area contributed by atoms with Gasteiger partial charge in [0.1, 0.15) is 0 Å². The molecule has 2 fully saturated rings. The predicted molar refractivity (Wildman–Crippen MR) is 93.3 cm³/mol. The van der Waals surface area contributed by atoms with Crippen LogP contribution in [-0.4, -0.2) is 62.7 Å². The summed E-state index contributed by atoms with van der Waals surface area (Å²) in [5, 5.41) is 7.07. The number of nitrogens with one attached hydrogen (secondary N) is 2. The molecule has 122 valence electrons. The summed E-state index contributed by atoms with van der Waals surface area (Å²) in [7, 11) is 2.21. The molecule has 4 nitrogen and oxygen atoms in total. The van der Waals surface area contributed by atoms with Crippen LogP contribution in [0.25, 0.3) is 0 Å². The summed E-state index contributed by atoms with van der Waals surface area (Å²) in [6.07, 6.45) is 2.66. The van der Waals surface area contributed by atoms with Crippen molar-refractivity contribution in [3.05, 3.63) is 29.8 Å². The SMILES string of the molecule is CN1CCN(Cc2ccc(NCC3CCCNC3)cc2)CC1. The van der Waals surface area contributed by atoms with Crippen LogP contribution in [0, 0.1) is 5.92 Å². The van der Waals surface area contributed by atoms with Crippen molar-refractivity contribution in [1.82, 2.24) is 15.1 Å². The van der Waals surface area contributed by atoms with E-state index in [0.29, 0.717) is 0 Å². The molecule has 2 saturated heterocycles. The molecule has 0 spiro atoms. The van der Waals surface area contributed by atoms with Crippen LogP contribution in [0.2, 0.25) is 0 Å². The van der Waals surface area contributed by atoms with E-state index in [-0.39, 0.29) is 0 Å². The number of benzene rings is 1. The maximum Gasteiger partial charge on any atom is 0.0340 e. The molecule has 2 aliphatic rings. The lowest BCUT2D eigenvalue weighted by atomic mass is 10.00. The van der Waals surface area contributed by atoms with Crippen molar-refractivity contribution in [2.75, 3.05) is 58.2 Å². The third-order valence-corrected chi connectivity index (χ3v) is 4.95. The van der Waals surface area contributed by atoms with E-state index in [1.54, 1.807) is 0 Å². The van der Waals surface area contributed by atoms with Gasteiger partial charge in [-0.3, -0.25) is 4.90 Å². The van der Waals surface area contributed by atoms with Crippen LogP contribution in [0.4, 0.5) is 5.69 Å². The summed E-state index contributed by atoms with van der Waals surface area (Å²) < 4.78 is 0. The summed E-state index contributed by atoms with van der Waals surface area (Å²) in [6.45, 7) is 9.28. The summed E-state index contributed by atoms with van der Waals surface area (Å²) in [6, 6.07) is 9.03. The number of hydrogen-bond donors (Lipinski definition) is 2. The average molecular weight is 302 g/mol. The van der Waals surface area contributed by atoms with Crippen LogP contribution < -0.4 is 10.6 Å². The third-order valence-electron chi connectivity index (χ3n) is 4.95. The van der Waals surface area contributed by atoms with Gasteiger partial charge >= 0.3 is 0 Å². The highest BCUT2D eigenvalue weighted by Gasteiger charge is 2.14. The van der Waals surface area contributed by atoms with Crippen molar-refractivity contribution < 1.29 is 0 Å². The first-order chi connectivity index (χ1) is 10.8. The molecular formula is C18H30N4. The molecule has 2 N–H and O–H groups in total. The second-order valence-corrected chi connectivity index (χ2v) is 6.87. The molecule has 2 heterocycles. The molecule has 0 radical (unpaired) electrons. The molecule has 4 heteroatoms. The topological polar surface area (TPSA) is 30.5 Å². The minimum Gasteiger partial charge on any atom is -0.385 e. The van der Waals surface area contributed by atoms with Crippen LogP contribution in [0.1, 0.15) is 18.4 Å². The zero-order valence-corrected chi connectivity index (χ0v) is 13.9. The highest BCUT2D eigenvalue weighted by Crippen LogP contribution is 2.15. The van der Waals surface area contributed by atoms with E-state index < -0.39 is 0 Å². The van der Waals surface area contributed by atoms with Gasteiger partial charge in [-0.1, -0.05) is 12.1 Å². The van der Waals surface area contributed by atoms with Crippen LogP contribution >= 0.6 is 0 Å². The van der Waals surface area contributed by atoms with Gasteiger partial charge < -0.3 is 15.5 Å². The second kappa shape index (κ2) is 7.95. The number of likely N-dealkylation sites (N-methyl/N-ethyl adjacent to an activating group) is 1. The molecule has 0 bridgehead atoms. The van der Waals surface area contributed by atoms with E-state index in [1.165, 1.54) is 56.8 Å². The van der Waals surface area contributed by atoms with Gasteiger partial charge in [0, 0.05) is 45.0 Å². The first-order valence-corrected chi connectivity index (χ1v) is 8.74. The average Bonchev–Trinajstić information content (AvgIpc) is 2.57. The smallest absolute Gasteiger partial charge is 0.0340 e. The molecular weight excluding hydrogens is 272 g/mol. The summed E-state index contributed by atoms with van der Waals surface area (Å²) in [4.78, 5) is 4.96. The Hall–Kier alpha value is -1.10. The largest absolute Gasteiger partial charge is 0.385 e. The molecule has 1 aromatic carbocycles. The van der Waals surface area contributed by atoms with E-state index in [9.17, 15) is 0 Å². The summed E-state index contributed by atoms with van der Waals surface area (Å²) in [5.74, 6) is 0.777. The van der Waals surface area contributed by atoms with Crippen molar-refractivity contribution >= 4 is 5.69 Å². The van der Waals surface area contributed by atoms with Crippen LogP contribution in [0.5, 0.6) is 0 Å². The highest BCUT2D eigenvalue weighted by atomic mass is 15.2. The van der Waals surface area contributed by atoms with Gasteiger partial charge in [-0.15, -0.1) is 0 Å². The zero-order chi connectivity index (χ0) is 15.2. The minimum atomic E-state index is 0.777. The normalized spacial score (nSPS) is 24.3. The van der Waals surface area contributed by atoms with Gasteiger partial charge in [0.05, 0.1) is 0 Å². The maximum atomic E-state index is 3.59. The molecule has 22 heavy (non-hydrogen) atoms. The Bertz CT molecular complexity index is 431. The number of hydrogen-bond acceptors (Lipinski definition) is 4. The first kappa shape index (κ1) is 15.8. The number of piperidine rings is 1. The fourth-order valence-corrected chi connectivity index (χ4v) is 3.35. The van der Waals surface area contributed by atoms with Crippen molar-refractivity contribution in [3.63, 3.8) is 0 Å². The summed E-state index contributed by atoms with van der Waals surface area (Å²) in [5.41, 5.74) is 2.68. The third kappa shape index (κ3) is 4.70. The Morgan fingerprint density at radius 1 is 1.14 bits per heavy atom. The van der Waals surface area contributed by atoms with Gasteiger partial charge in [0.2, 0.25) is 0 Å². The number of rotatable bonds is 5. The molecule has 0 aliphatic carbocycles. The zero-order valence-electron chi connectivity index (χ0n) is 13.9. The Morgan fingerprint density at radius 3 is 2.59 bits per heavy atom. The van der Waals surface area contributed by atoms with Gasteiger partial charge in [-0.25, -0.2) is 0 Å². The Labute approximate surface area is 134 Å². The van der Waals surface area contributed by atoms with Crippen LogP contribution in [0.3, 0.4) is 0 Å². The number of anilines is 1. The lowest BCUT2D eigenvalue weighted by molar-refractivity contribution is 0.148. The van der Waals surface area contributed by atoms with E-state index in [4.69, 9.17) is 0 Å². The van der Waals surface area contributed by atoms with E-state index in [0.717, 1.165) is 25.6 Å². The van der Waals surface area contributed by atoms with Gasteiger partial charge in [0.25, 0.3) is 0 Å². The van der Waals surface area contributed by atoms with E-state index >= 15 is 0 Å². The molecule has 3 rings (SSSR count). The second-order valence-electron chi connectivity index (χ2n) is 6.87. The molecule has 1 unspecified atom stereocenters. The lowest BCUT2D eigenvalue weighted by Gasteiger charge is -2.32. The molecule has 1 atom stereocenters. The number of piperazine rings is 1. The highest BCUT2D eigenvalue weighted by molar-refractivity contribution is 5.44. The molecule has 0 saturated carbocycles. The van der Waals surface area contributed by atoms with Gasteiger partial charge in [-0.05, 0) is 56.6 Å². The van der Waals surface area contributed by atoms with Crippen molar-refractivity contribution in [2.24, 2.45) is 5.92 Å². The fourth-order valence-electron chi connectivity index (χ4n) is 3.35. The molecule has 1 aromatic rings. The fraction of sp³-hybridized carbons (Fsp3) is 0.667. The van der Waals surface area contributed by atoms with Gasteiger partial charge in [-0.2, -0.15) is 0 Å². The number of nitrogens with zero attached hydrogens (tertiary/aromatic N) is 2. The van der Waals surface area contributed by atoms with Crippen molar-refractivity contribution in [2.45, 2.75) is 19.4 Å². The lowest BCUT2D eigenvalue weighted by Crippen LogP contribution is -2.43. The monoisotopic (exact) mass is 302 g/mol. The Balaban J connectivity index is 1.43. The predicted octanol–water partition coefficient (Wildman–Crippen LogP) is 1.85. The quantitative estimate of drug-likeness (QED) is 0.869. The maximum absolute atomic E-state index is 3.59. The van der Waals surface area contributed by atoms with E-state index in [1.807, 2.05) is 0 Å². The Kier molecular flexibility index (Phi) is 5.70. The van der Waals surface area contributed by atoms with Gasteiger partial charge in [0.15, 0.2) is 0 Å². The van der Waals surface area contributed by atoms with Crippen molar-refractivity contribution in [1.29, 1.82) is 0 Å². The molecule has 2 aliphatic heterocycles. The van der Waals surface area contributed by atoms with E-state index in [2.05, 4.69) is 51.7 Å². The van der Waals surface area contributed by atoms with Crippen LogP contribution in [-0.2, 0) is 6.54 Å². The standard InChI is InChI=1S/C18H30N4/c1-21-9-11-22(12-10-21)15-16-4-6-18(7-5-16)20-14-17-3-2-8-19-13-17/h4-7,17,19-20H,2-3,8-15H2,1H3. The van der Waals surface area contributed by atoms with Crippen LogP contribution in [0.15, 0.2) is 24.3 Å². The summed E-state index contributed by atoms with van der Waals surface area (Å²) >= 11 is 0. The molecule has 0 aromatic heterocycles. The van der Waals surface area contributed by atoms with Crippen molar-refractivity contribution in [3.8, 4) is 0 Å².